The predicted molar refractivity (Wildman–Crippen MR) is 126 cm³/mol. The monoisotopic (exact) mass is 459 g/mol. The second kappa shape index (κ2) is 10.1. The van der Waals surface area contributed by atoms with Gasteiger partial charge in [0.2, 0.25) is 0 Å². The average Bonchev–Trinajstić information content (AvgIpc) is 3.40. The number of nitrogens with one attached hydrogen (secondary N) is 2. The summed E-state index contributed by atoms with van der Waals surface area (Å²) in [6, 6.07) is 8.38. The van der Waals surface area contributed by atoms with Crippen LogP contribution in [0, 0.1) is 0 Å². The number of carboxylic acid groups (broad SMARTS) is 1. The molecule has 10 heteroatoms. The van der Waals surface area contributed by atoms with Gasteiger partial charge in [0.25, 0.3) is 5.91 Å². The fourth-order valence-electron chi connectivity index (χ4n) is 3.73. The average molecular weight is 460 g/mol. The number of benzene rings is 1. The first kappa shape index (κ1) is 21.5. The molecule has 0 radical (unpaired) electrons. The van der Waals surface area contributed by atoms with Crippen LogP contribution in [0.25, 0.3) is 10.1 Å². The summed E-state index contributed by atoms with van der Waals surface area (Å²) in [5.74, 6) is 0.863. The maximum atomic E-state index is 12.3. The molecule has 4 rings (SSSR count). The van der Waals surface area contributed by atoms with Crippen molar-refractivity contribution >= 4 is 56.5 Å². The minimum Gasteiger partial charge on any atom is -0.465 e. The molecule has 0 aliphatic carbocycles. The maximum Gasteiger partial charge on any atom is 0.409 e. The first-order valence-electron chi connectivity index (χ1n) is 10.3. The van der Waals surface area contributed by atoms with Crippen molar-refractivity contribution in [2.24, 2.45) is 0 Å². The molecule has 1 fully saturated rings. The number of fused-ring (bicyclic) bond motifs is 1. The number of aromatic nitrogens is 1. The number of amides is 2. The molecule has 164 valence electrons. The number of carbonyl (C=O) groups excluding carboxylic acids is 1. The molecule has 1 saturated heterocycles. The van der Waals surface area contributed by atoms with Gasteiger partial charge in [0, 0.05) is 48.9 Å². The number of rotatable bonds is 8. The van der Waals surface area contributed by atoms with Crippen molar-refractivity contribution in [3.05, 3.63) is 40.6 Å². The summed E-state index contributed by atoms with van der Waals surface area (Å²) in [7, 11) is 0. The first-order chi connectivity index (χ1) is 15.1. The number of unbranched alkanes of at least 4 members (excludes halogenated alkanes) is 1. The quantitative estimate of drug-likeness (QED) is 0.444. The Hall–Kier alpha value is -2.69. The van der Waals surface area contributed by atoms with Crippen molar-refractivity contribution in [3.63, 3.8) is 0 Å². The third-order valence-electron chi connectivity index (χ3n) is 5.37. The molecule has 0 spiro atoms. The molecule has 1 aliphatic heterocycles. The van der Waals surface area contributed by atoms with E-state index in [9.17, 15) is 9.59 Å². The molecule has 0 saturated carbocycles. The van der Waals surface area contributed by atoms with Crippen LogP contribution in [0.5, 0.6) is 0 Å². The Balaban J connectivity index is 1.15. The number of nitrogens with zero attached hydrogens (tertiary/aromatic N) is 3. The number of hydrogen-bond donors (Lipinski definition) is 3. The lowest BCUT2D eigenvalue weighted by Crippen LogP contribution is -2.46. The van der Waals surface area contributed by atoms with Gasteiger partial charge in [0.05, 0.1) is 16.0 Å². The van der Waals surface area contributed by atoms with Crippen LogP contribution in [-0.4, -0.2) is 65.6 Å². The number of thiophene rings is 1. The standard InChI is InChI=1S/C21H25N5O3S2/c27-20(16-13-30-14-17(16)23-21(28)29)22-7-3-4-8-25-9-11-26(12-10-25)19-15-5-1-2-6-18(15)31-24-19/h1-2,5-6,13-14,23H,3-4,7-12H2,(H,22,27)(H,28,29). The predicted octanol–water partition coefficient (Wildman–Crippen LogP) is 3.78. The van der Waals surface area contributed by atoms with Gasteiger partial charge in [-0.25, -0.2) is 4.79 Å². The highest BCUT2D eigenvalue weighted by Gasteiger charge is 2.20. The number of anilines is 2. The van der Waals surface area contributed by atoms with Gasteiger partial charge in [-0.2, -0.15) is 4.37 Å². The van der Waals surface area contributed by atoms with Crippen LogP contribution in [0.15, 0.2) is 35.0 Å². The van der Waals surface area contributed by atoms with E-state index in [1.165, 1.54) is 21.4 Å². The molecule has 1 aliphatic rings. The summed E-state index contributed by atoms with van der Waals surface area (Å²) in [6.45, 7) is 5.55. The van der Waals surface area contributed by atoms with Crippen molar-refractivity contribution in [1.82, 2.24) is 14.6 Å². The topological polar surface area (TPSA) is 97.8 Å². The van der Waals surface area contributed by atoms with E-state index in [1.807, 2.05) is 0 Å². The Labute approximate surface area is 188 Å². The van der Waals surface area contributed by atoms with E-state index in [2.05, 4.69) is 49.1 Å². The molecule has 8 nitrogen and oxygen atoms in total. The highest BCUT2D eigenvalue weighted by atomic mass is 32.1. The van der Waals surface area contributed by atoms with Crippen LogP contribution >= 0.6 is 22.9 Å². The fraction of sp³-hybridized carbons (Fsp3) is 0.381. The molecule has 31 heavy (non-hydrogen) atoms. The number of hydrogen-bond acceptors (Lipinski definition) is 7. The maximum absolute atomic E-state index is 12.3. The lowest BCUT2D eigenvalue weighted by atomic mass is 10.2. The van der Waals surface area contributed by atoms with E-state index < -0.39 is 6.09 Å². The summed E-state index contributed by atoms with van der Waals surface area (Å²) < 4.78 is 5.89. The smallest absolute Gasteiger partial charge is 0.409 e. The molecule has 3 aromatic rings. The molecule has 3 N–H and O–H groups in total. The van der Waals surface area contributed by atoms with E-state index in [0.717, 1.165) is 51.4 Å². The van der Waals surface area contributed by atoms with Crippen LogP contribution in [0.4, 0.5) is 16.3 Å². The van der Waals surface area contributed by atoms with E-state index in [0.29, 0.717) is 17.8 Å². The SMILES string of the molecule is O=C(O)Nc1cscc1C(=O)NCCCCN1CCN(c2nsc3ccccc23)CC1. The normalized spacial score (nSPS) is 14.6. The van der Waals surface area contributed by atoms with E-state index in [4.69, 9.17) is 5.11 Å². The Morgan fingerprint density at radius 2 is 1.90 bits per heavy atom. The Kier molecular flexibility index (Phi) is 7.00. The Bertz CT molecular complexity index is 1040. The van der Waals surface area contributed by atoms with Gasteiger partial charge in [-0.15, -0.1) is 11.3 Å². The van der Waals surface area contributed by atoms with Gasteiger partial charge < -0.3 is 15.3 Å². The molecule has 2 aromatic heterocycles. The number of piperazine rings is 1. The zero-order valence-corrected chi connectivity index (χ0v) is 18.7. The summed E-state index contributed by atoms with van der Waals surface area (Å²) in [6.07, 6.45) is 0.716. The third-order valence-corrected chi connectivity index (χ3v) is 6.93. The van der Waals surface area contributed by atoms with Gasteiger partial charge in [0.15, 0.2) is 0 Å². The lowest BCUT2D eigenvalue weighted by Gasteiger charge is -2.35. The van der Waals surface area contributed by atoms with Gasteiger partial charge in [-0.05, 0) is 43.1 Å². The van der Waals surface area contributed by atoms with Gasteiger partial charge in [0.1, 0.15) is 5.82 Å². The summed E-state index contributed by atoms with van der Waals surface area (Å²) >= 11 is 2.86. The minimum atomic E-state index is -1.17. The zero-order chi connectivity index (χ0) is 21.6. The highest BCUT2D eigenvalue weighted by Crippen LogP contribution is 2.29. The highest BCUT2D eigenvalue weighted by molar-refractivity contribution is 7.13. The van der Waals surface area contributed by atoms with Crippen molar-refractivity contribution in [2.75, 3.05) is 49.5 Å². The van der Waals surface area contributed by atoms with Crippen LogP contribution in [0.2, 0.25) is 0 Å². The first-order valence-corrected chi connectivity index (χ1v) is 12.0. The van der Waals surface area contributed by atoms with Gasteiger partial charge in [-0.1, -0.05) is 12.1 Å². The van der Waals surface area contributed by atoms with Crippen LogP contribution in [0.3, 0.4) is 0 Å². The van der Waals surface area contributed by atoms with Crippen molar-refractivity contribution in [2.45, 2.75) is 12.8 Å². The van der Waals surface area contributed by atoms with Gasteiger partial charge >= 0.3 is 6.09 Å². The molecular weight excluding hydrogens is 434 g/mol. The summed E-state index contributed by atoms with van der Waals surface area (Å²) in [5, 5.41) is 18.5. The van der Waals surface area contributed by atoms with Crippen molar-refractivity contribution in [3.8, 4) is 0 Å². The van der Waals surface area contributed by atoms with Crippen LogP contribution in [0.1, 0.15) is 23.2 Å². The zero-order valence-electron chi connectivity index (χ0n) is 17.0. The minimum absolute atomic E-state index is 0.242. The third kappa shape index (κ3) is 5.33. The molecule has 0 unspecified atom stereocenters. The second-order valence-corrected chi connectivity index (χ2v) is 8.97. The molecule has 3 heterocycles. The second-order valence-electron chi connectivity index (χ2n) is 7.42. The van der Waals surface area contributed by atoms with E-state index in [1.54, 1.807) is 22.3 Å². The molecule has 0 atom stereocenters. The van der Waals surface area contributed by atoms with E-state index >= 15 is 0 Å². The van der Waals surface area contributed by atoms with Gasteiger partial charge in [-0.3, -0.25) is 15.0 Å². The Morgan fingerprint density at radius 1 is 1.10 bits per heavy atom. The Morgan fingerprint density at radius 3 is 2.71 bits per heavy atom. The lowest BCUT2D eigenvalue weighted by molar-refractivity contribution is 0.0954. The molecular formula is C21H25N5O3S2. The van der Waals surface area contributed by atoms with Crippen molar-refractivity contribution in [1.29, 1.82) is 0 Å². The van der Waals surface area contributed by atoms with Crippen molar-refractivity contribution < 1.29 is 14.7 Å². The summed E-state index contributed by atoms with van der Waals surface area (Å²) in [5.41, 5.74) is 0.707. The van der Waals surface area contributed by atoms with Crippen LogP contribution in [-0.2, 0) is 0 Å². The molecule has 1 aromatic carbocycles. The van der Waals surface area contributed by atoms with E-state index in [-0.39, 0.29) is 5.91 Å². The summed E-state index contributed by atoms with van der Waals surface area (Å²) in [4.78, 5) is 27.9. The van der Waals surface area contributed by atoms with Crippen LogP contribution < -0.4 is 15.5 Å². The molecule has 0 bridgehead atoms. The fourth-order valence-corrected chi connectivity index (χ4v) is 5.28. The molecule has 2 amide bonds. The number of carbonyl (C=O) groups is 2. The largest absolute Gasteiger partial charge is 0.465 e.